The van der Waals surface area contributed by atoms with Crippen molar-refractivity contribution in [2.45, 2.75) is 0 Å². The predicted octanol–water partition coefficient (Wildman–Crippen LogP) is 2.19. The summed E-state index contributed by atoms with van der Waals surface area (Å²) in [5.74, 6) is 1.74. The van der Waals surface area contributed by atoms with Gasteiger partial charge in [-0.05, 0) is 17.5 Å². The van der Waals surface area contributed by atoms with Crippen LogP contribution >= 0.6 is 11.3 Å². The molecule has 1 heterocycles. The summed E-state index contributed by atoms with van der Waals surface area (Å²) < 4.78 is 11.6. The molecule has 0 saturated carbocycles. The molecule has 6 heteroatoms. The average molecular weight is 266 g/mol. The minimum absolute atomic E-state index is 0.358. The zero-order chi connectivity index (χ0) is 13.1. The third kappa shape index (κ3) is 2.19. The van der Waals surface area contributed by atoms with Gasteiger partial charge in [-0.2, -0.15) is 0 Å². The first-order valence-corrected chi connectivity index (χ1v) is 6.03. The maximum atomic E-state index is 5.78. The molecule has 0 amide bonds. The van der Waals surface area contributed by atoms with Gasteiger partial charge in [-0.1, -0.05) is 5.16 Å². The number of oxime groups is 1. The molecule has 2 aromatic rings. The number of nitrogens with zero attached hydrogens (tertiary/aromatic N) is 1. The van der Waals surface area contributed by atoms with Crippen LogP contribution in [0.1, 0.15) is 4.88 Å². The van der Waals surface area contributed by atoms with Crippen LogP contribution in [0, 0.1) is 0 Å². The molecule has 0 aliphatic carbocycles. The first-order chi connectivity index (χ1) is 8.69. The molecule has 0 bridgehead atoms. The molecular formula is C12H14N2O3S. The highest BCUT2D eigenvalue weighted by atomic mass is 32.1. The Morgan fingerprint density at radius 1 is 1.11 bits per heavy atom. The molecule has 0 spiro atoms. The number of methoxy groups -OCH3 is 2. The van der Waals surface area contributed by atoms with Crippen LogP contribution in [0.4, 0.5) is 0 Å². The number of fused-ring (bicyclic) bond motifs is 1. The fourth-order valence-electron chi connectivity index (χ4n) is 1.64. The fourth-order valence-corrected chi connectivity index (χ4v) is 2.60. The summed E-state index contributed by atoms with van der Waals surface area (Å²) in [5, 5.41) is 4.75. The highest BCUT2D eigenvalue weighted by Crippen LogP contribution is 2.36. The van der Waals surface area contributed by atoms with E-state index in [1.54, 1.807) is 14.2 Å². The van der Waals surface area contributed by atoms with Gasteiger partial charge in [0.05, 0.1) is 19.1 Å². The van der Waals surface area contributed by atoms with Crippen LogP contribution in [0.15, 0.2) is 23.4 Å². The van der Waals surface area contributed by atoms with Crippen molar-refractivity contribution in [1.29, 1.82) is 0 Å². The summed E-state index contributed by atoms with van der Waals surface area (Å²) in [6.45, 7) is 0. The Kier molecular flexibility index (Phi) is 3.57. The van der Waals surface area contributed by atoms with E-state index in [2.05, 4.69) is 9.99 Å². The van der Waals surface area contributed by atoms with Crippen LogP contribution < -0.4 is 15.2 Å². The van der Waals surface area contributed by atoms with Crippen molar-refractivity contribution in [2.75, 3.05) is 21.3 Å². The third-order valence-corrected chi connectivity index (χ3v) is 3.58. The van der Waals surface area contributed by atoms with E-state index in [4.69, 9.17) is 15.2 Å². The smallest absolute Gasteiger partial charge is 0.180 e. The van der Waals surface area contributed by atoms with Crippen LogP contribution in [0.2, 0.25) is 0 Å². The SMILES string of the molecule is CO/N=C(/N)c1cc2cc(OC)c(OC)cc2s1. The van der Waals surface area contributed by atoms with Crippen molar-refractivity contribution in [3.05, 3.63) is 23.1 Å². The summed E-state index contributed by atoms with van der Waals surface area (Å²) in [4.78, 5) is 5.51. The van der Waals surface area contributed by atoms with E-state index in [-0.39, 0.29) is 0 Å². The fraction of sp³-hybridized carbons (Fsp3) is 0.250. The predicted molar refractivity (Wildman–Crippen MR) is 72.7 cm³/mol. The zero-order valence-corrected chi connectivity index (χ0v) is 11.2. The average Bonchev–Trinajstić information content (AvgIpc) is 2.80. The quantitative estimate of drug-likeness (QED) is 0.523. The maximum Gasteiger partial charge on any atom is 0.180 e. The van der Waals surface area contributed by atoms with Crippen LogP contribution in [0.5, 0.6) is 11.5 Å². The van der Waals surface area contributed by atoms with E-state index in [9.17, 15) is 0 Å². The van der Waals surface area contributed by atoms with Gasteiger partial charge in [-0.15, -0.1) is 11.3 Å². The van der Waals surface area contributed by atoms with Gasteiger partial charge in [0.25, 0.3) is 0 Å². The van der Waals surface area contributed by atoms with E-state index < -0.39 is 0 Å². The van der Waals surface area contributed by atoms with E-state index in [0.29, 0.717) is 17.3 Å². The number of rotatable bonds is 4. The van der Waals surface area contributed by atoms with Crippen molar-refractivity contribution in [3.8, 4) is 11.5 Å². The van der Waals surface area contributed by atoms with E-state index in [1.165, 1.54) is 18.4 Å². The topological polar surface area (TPSA) is 66.1 Å². The van der Waals surface area contributed by atoms with Gasteiger partial charge in [0.15, 0.2) is 17.3 Å². The molecular weight excluding hydrogens is 252 g/mol. The number of nitrogens with two attached hydrogens (primary N) is 1. The van der Waals surface area contributed by atoms with E-state index >= 15 is 0 Å². The van der Waals surface area contributed by atoms with Crippen LogP contribution in [0.25, 0.3) is 10.1 Å². The number of thiophene rings is 1. The molecule has 1 aromatic carbocycles. The van der Waals surface area contributed by atoms with Gasteiger partial charge in [-0.3, -0.25) is 0 Å². The highest BCUT2D eigenvalue weighted by molar-refractivity contribution is 7.20. The molecule has 1 aromatic heterocycles. The van der Waals surface area contributed by atoms with Crippen molar-refractivity contribution in [1.82, 2.24) is 0 Å². The molecule has 2 N–H and O–H groups in total. The number of amidine groups is 1. The molecule has 5 nitrogen and oxygen atoms in total. The van der Waals surface area contributed by atoms with Crippen molar-refractivity contribution in [3.63, 3.8) is 0 Å². The van der Waals surface area contributed by atoms with Crippen LogP contribution in [-0.2, 0) is 4.84 Å². The second-order valence-electron chi connectivity index (χ2n) is 3.51. The first kappa shape index (κ1) is 12.5. The summed E-state index contributed by atoms with van der Waals surface area (Å²) in [6.07, 6.45) is 0. The Balaban J connectivity index is 2.54. The highest BCUT2D eigenvalue weighted by Gasteiger charge is 2.11. The van der Waals surface area contributed by atoms with Gasteiger partial charge in [0, 0.05) is 10.8 Å². The molecule has 0 fully saturated rings. The van der Waals surface area contributed by atoms with Crippen molar-refractivity contribution in [2.24, 2.45) is 10.9 Å². The normalized spacial score (nSPS) is 11.6. The molecule has 0 aliphatic heterocycles. The molecule has 0 radical (unpaired) electrons. The minimum Gasteiger partial charge on any atom is -0.493 e. The lowest BCUT2D eigenvalue weighted by atomic mass is 10.2. The summed E-state index contributed by atoms with van der Waals surface area (Å²) in [5.41, 5.74) is 5.78. The Morgan fingerprint density at radius 3 is 2.39 bits per heavy atom. The Labute approximate surface area is 109 Å². The minimum atomic E-state index is 0.358. The third-order valence-electron chi connectivity index (χ3n) is 2.46. The largest absolute Gasteiger partial charge is 0.493 e. The van der Waals surface area contributed by atoms with E-state index in [0.717, 1.165) is 15.0 Å². The second kappa shape index (κ2) is 5.14. The van der Waals surface area contributed by atoms with Crippen LogP contribution in [-0.4, -0.2) is 27.2 Å². The molecule has 0 saturated heterocycles. The molecule has 0 aliphatic rings. The summed E-state index contributed by atoms with van der Waals surface area (Å²) >= 11 is 1.52. The van der Waals surface area contributed by atoms with Crippen LogP contribution in [0.3, 0.4) is 0 Å². The number of ether oxygens (including phenoxy) is 2. The Morgan fingerprint density at radius 2 is 1.78 bits per heavy atom. The molecule has 0 atom stereocenters. The lowest BCUT2D eigenvalue weighted by molar-refractivity contribution is 0.213. The van der Waals surface area contributed by atoms with Gasteiger partial charge in [0.1, 0.15) is 7.11 Å². The standard InChI is InChI=1S/C12H14N2O3S/c1-15-8-4-7-5-11(12(13)14-17-3)18-10(7)6-9(8)16-2/h4-6H,1-3H3,(H2,13,14). The summed E-state index contributed by atoms with van der Waals surface area (Å²) in [7, 11) is 4.68. The Bertz CT molecular complexity index is 551. The van der Waals surface area contributed by atoms with Gasteiger partial charge in [-0.25, -0.2) is 0 Å². The van der Waals surface area contributed by atoms with Crippen molar-refractivity contribution >= 4 is 27.3 Å². The monoisotopic (exact) mass is 266 g/mol. The molecule has 0 unspecified atom stereocenters. The maximum absolute atomic E-state index is 5.78. The second-order valence-corrected chi connectivity index (χ2v) is 4.60. The van der Waals surface area contributed by atoms with E-state index in [1.807, 2.05) is 18.2 Å². The molecule has 96 valence electrons. The number of hydrogen-bond acceptors (Lipinski definition) is 5. The summed E-state index contributed by atoms with van der Waals surface area (Å²) in [6, 6.07) is 5.77. The van der Waals surface area contributed by atoms with Gasteiger partial charge < -0.3 is 20.0 Å². The first-order valence-electron chi connectivity index (χ1n) is 5.22. The number of benzene rings is 1. The molecule has 18 heavy (non-hydrogen) atoms. The lowest BCUT2D eigenvalue weighted by Crippen LogP contribution is -2.11. The zero-order valence-electron chi connectivity index (χ0n) is 10.4. The molecule has 2 rings (SSSR count). The lowest BCUT2D eigenvalue weighted by Gasteiger charge is -2.06. The van der Waals surface area contributed by atoms with Crippen molar-refractivity contribution < 1.29 is 14.3 Å². The van der Waals surface area contributed by atoms with Gasteiger partial charge in [0.2, 0.25) is 0 Å². The number of hydrogen-bond donors (Lipinski definition) is 1. The Hall–Kier alpha value is -1.95. The van der Waals surface area contributed by atoms with Gasteiger partial charge >= 0.3 is 0 Å².